The number of halogens is 1. The Kier molecular flexibility index (Phi) is 5.48. The first-order valence-corrected chi connectivity index (χ1v) is 6.78. The van der Waals surface area contributed by atoms with E-state index in [-0.39, 0.29) is 5.84 Å². The number of benzene rings is 1. The lowest BCUT2D eigenvalue weighted by molar-refractivity contribution is 0.318. The van der Waals surface area contributed by atoms with Crippen LogP contribution < -0.4 is 10.6 Å². The largest absolute Gasteiger partial charge is 0.409 e. The van der Waals surface area contributed by atoms with Crippen LogP contribution in [0.3, 0.4) is 0 Å². The Morgan fingerprint density at radius 2 is 2.00 bits per heavy atom. The van der Waals surface area contributed by atoms with Gasteiger partial charge in [-0.15, -0.1) is 0 Å². The lowest BCUT2D eigenvalue weighted by atomic mass is 10.1. The number of hydrogen-bond acceptors (Lipinski definition) is 3. The van der Waals surface area contributed by atoms with Gasteiger partial charge in [-0.3, -0.25) is 0 Å². The zero-order valence-electron chi connectivity index (χ0n) is 11.9. The number of hydrogen-bond donors (Lipinski definition) is 2. The van der Waals surface area contributed by atoms with Crippen LogP contribution >= 0.6 is 11.6 Å². The van der Waals surface area contributed by atoms with Crippen molar-refractivity contribution in [2.45, 2.75) is 33.7 Å². The molecule has 0 saturated heterocycles. The van der Waals surface area contributed by atoms with Crippen molar-refractivity contribution in [3.8, 4) is 0 Å². The summed E-state index contributed by atoms with van der Waals surface area (Å²) in [6.07, 6.45) is 0. The second kappa shape index (κ2) is 6.66. The molecule has 0 unspecified atom stereocenters. The molecule has 4 nitrogen and oxygen atoms in total. The summed E-state index contributed by atoms with van der Waals surface area (Å²) in [6.45, 7) is 9.61. The molecule has 0 spiro atoms. The van der Waals surface area contributed by atoms with E-state index in [1.54, 1.807) is 6.07 Å². The third-order valence-corrected chi connectivity index (χ3v) is 3.17. The Bertz CT molecular complexity index is 458. The SMILES string of the molecule is CC(C)CN(c1ccc(C(N)=NO)c(Cl)c1)C(C)C. The van der Waals surface area contributed by atoms with Gasteiger partial charge in [0.2, 0.25) is 0 Å². The molecule has 1 aromatic rings. The Labute approximate surface area is 119 Å². The molecule has 0 fully saturated rings. The zero-order valence-corrected chi connectivity index (χ0v) is 12.6. The van der Waals surface area contributed by atoms with Gasteiger partial charge < -0.3 is 15.8 Å². The predicted octanol–water partition coefficient (Wildman–Crippen LogP) is 3.31. The average Bonchev–Trinajstić information content (AvgIpc) is 2.34. The molecule has 1 rings (SSSR count). The first-order chi connectivity index (χ1) is 8.86. The summed E-state index contributed by atoms with van der Waals surface area (Å²) < 4.78 is 0. The standard InChI is InChI=1S/C14H22ClN3O/c1-9(2)8-18(10(3)4)11-5-6-12(13(15)7-11)14(16)17-19/h5-7,9-10,19H,8H2,1-4H3,(H2,16,17). The number of amidine groups is 1. The van der Waals surface area contributed by atoms with Crippen molar-refractivity contribution in [3.05, 3.63) is 28.8 Å². The topological polar surface area (TPSA) is 61.8 Å². The molecular formula is C14H22ClN3O. The van der Waals surface area contributed by atoms with Gasteiger partial charge >= 0.3 is 0 Å². The maximum atomic E-state index is 8.69. The summed E-state index contributed by atoms with van der Waals surface area (Å²) in [5.74, 6) is 0.585. The lowest BCUT2D eigenvalue weighted by Crippen LogP contribution is -2.34. The highest BCUT2D eigenvalue weighted by Crippen LogP contribution is 2.25. The van der Waals surface area contributed by atoms with Gasteiger partial charge in [-0.25, -0.2) is 0 Å². The molecule has 0 bridgehead atoms. The molecule has 0 aliphatic rings. The second-order valence-electron chi connectivity index (χ2n) is 5.29. The Balaban J connectivity index is 3.10. The first-order valence-electron chi connectivity index (χ1n) is 6.40. The van der Waals surface area contributed by atoms with Crippen molar-refractivity contribution in [1.29, 1.82) is 0 Å². The van der Waals surface area contributed by atoms with Crippen molar-refractivity contribution >= 4 is 23.1 Å². The summed E-state index contributed by atoms with van der Waals surface area (Å²) in [7, 11) is 0. The van der Waals surface area contributed by atoms with Crippen molar-refractivity contribution < 1.29 is 5.21 Å². The van der Waals surface area contributed by atoms with Crippen molar-refractivity contribution in [1.82, 2.24) is 0 Å². The highest BCUT2D eigenvalue weighted by atomic mass is 35.5. The molecule has 0 aromatic heterocycles. The predicted molar refractivity (Wildman–Crippen MR) is 81.3 cm³/mol. The van der Waals surface area contributed by atoms with E-state index in [9.17, 15) is 0 Å². The summed E-state index contributed by atoms with van der Waals surface area (Å²) >= 11 is 6.19. The van der Waals surface area contributed by atoms with Crippen molar-refractivity contribution in [2.75, 3.05) is 11.4 Å². The molecular weight excluding hydrogens is 262 g/mol. The van der Waals surface area contributed by atoms with Gasteiger partial charge in [0, 0.05) is 23.8 Å². The van der Waals surface area contributed by atoms with E-state index < -0.39 is 0 Å². The fourth-order valence-corrected chi connectivity index (χ4v) is 2.22. The number of nitrogens with zero attached hydrogens (tertiary/aromatic N) is 2. The van der Waals surface area contributed by atoms with Crippen LogP contribution in [0.4, 0.5) is 5.69 Å². The highest BCUT2D eigenvalue weighted by Gasteiger charge is 2.14. The fraction of sp³-hybridized carbons (Fsp3) is 0.500. The minimum absolute atomic E-state index is 0.0245. The van der Waals surface area contributed by atoms with Crippen molar-refractivity contribution in [3.63, 3.8) is 0 Å². The highest BCUT2D eigenvalue weighted by molar-refractivity contribution is 6.34. The Hall–Kier alpha value is -1.42. The number of anilines is 1. The van der Waals surface area contributed by atoms with Crippen LogP contribution in [0.5, 0.6) is 0 Å². The van der Waals surface area contributed by atoms with E-state index in [1.165, 1.54) is 0 Å². The van der Waals surface area contributed by atoms with Gasteiger partial charge in [-0.1, -0.05) is 30.6 Å². The van der Waals surface area contributed by atoms with Gasteiger partial charge in [0.1, 0.15) is 0 Å². The minimum Gasteiger partial charge on any atom is -0.409 e. The quantitative estimate of drug-likeness (QED) is 0.377. The maximum Gasteiger partial charge on any atom is 0.171 e. The molecule has 0 heterocycles. The Morgan fingerprint density at radius 3 is 2.42 bits per heavy atom. The van der Waals surface area contributed by atoms with Gasteiger partial charge in [0.15, 0.2) is 5.84 Å². The van der Waals surface area contributed by atoms with E-state index in [0.717, 1.165) is 12.2 Å². The zero-order chi connectivity index (χ0) is 14.6. The summed E-state index contributed by atoms with van der Waals surface area (Å²) in [4.78, 5) is 2.28. The summed E-state index contributed by atoms with van der Waals surface area (Å²) in [5.41, 5.74) is 7.15. The van der Waals surface area contributed by atoms with Crippen LogP contribution in [-0.4, -0.2) is 23.6 Å². The van der Waals surface area contributed by atoms with Gasteiger partial charge in [-0.2, -0.15) is 0 Å². The molecule has 1 aromatic carbocycles. The number of nitrogens with two attached hydrogens (primary N) is 1. The van der Waals surface area contributed by atoms with Crippen LogP contribution in [0.1, 0.15) is 33.3 Å². The molecule has 19 heavy (non-hydrogen) atoms. The molecule has 5 heteroatoms. The molecule has 0 aliphatic carbocycles. The van der Waals surface area contributed by atoms with E-state index in [0.29, 0.717) is 22.5 Å². The van der Waals surface area contributed by atoms with E-state index in [4.69, 9.17) is 22.5 Å². The van der Waals surface area contributed by atoms with Crippen LogP contribution in [0.15, 0.2) is 23.4 Å². The maximum absolute atomic E-state index is 8.69. The molecule has 0 aliphatic heterocycles. The first kappa shape index (κ1) is 15.6. The molecule has 106 valence electrons. The van der Waals surface area contributed by atoms with Gasteiger partial charge in [0.25, 0.3) is 0 Å². The summed E-state index contributed by atoms with van der Waals surface area (Å²) in [6, 6.07) is 5.97. The monoisotopic (exact) mass is 283 g/mol. The third-order valence-electron chi connectivity index (χ3n) is 2.85. The number of oxime groups is 1. The normalized spacial score (nSPS) is 12.3. The van der Waals surface area contributed by atoms with Crippen LogP contribution in [0.2, 0.25) is 5.02 Å². The summed E-state index contributed by atoms with van der Waals surface area (Å²) in [5, 5.41) is 12.2. The van der Waals surface area contributed by atoms with Crippen molar-refractivity contribution in [2.24, 2.45) is 16.8 Å². The molecule has 0 atom stereocenters. The number of rotatable bonds is 5. The van der Waals surface area contributed by atoms with E-state index >= 15 is 0 Å². The third kappa shape index (κ3) is 4.03. The van der Waals surface area contributed by atoms with Gasteiger partial charge in [-0.05, 0) is 38.0 Å². The fourth-order valence-electron chi connectivity index (χ4n) is 1.95. The molecule has 3 N–H and O–H groups in total. The second-order valence-corrected chi connectivity index (χ2v) is 5.70. The van der Waals surface area contributed by atoms with Crippen LogP contribution in [0, 0.1) is 5.92 Å². The smallest absolute Gasteiger partial charge is 0.171 e. The molecule has 0 amide bonds. The van der Waals surface area contributed by atoms with E-state index in [1.807, 2.05) is 12.1 Å². The van der Waals surface area contributed by atoms with Crippen LogP contribution in [0.25, 0.3) is 0 Å². The average molecular weight is 284 g/mol. The lowest BCUT2D eigenvalue weighted by Gasteiger charge is -2.31. The molecule has 0 radical (unpaired) electrons. The molecule has 0 saturated carbocycles. The van der Waals surface area contributed by atoms with Gasteiger partial charge in [0.05, 0.1) is 5.02 Å². The minimum atomic E-state index is 0.0245. The van der Waals surface area contributed by atoms with E-state index in [2.05, 4.69) is 37.8 Å². The van der Waals surface area contributed by atoms with Crippen LogP contribution in [-0.2, 0) is 0 Å². The Morgan fingerprint density at radius 1 is 1.37 bits per heavy atom.